The number of aromatic nitrogens is 1. The Kier molecular flexibility index (Phi) is 2.65. The van der Waals surface area contributed by atoms with E-state index in [4.69, 9.17) is 15.8 Å². The predicted octanol–water partition coefficient (Wildman–Crippen LogP) is -1.45. The van der Waals surface area contributed by atoms with Gasteiger partial charge in [0, 0.05) is 11.7 Å². The molecule has 1 heterocycles. The molecule has 0 saturated carbocycles. The van der Waals surface area contributed by atoms with Crippen molar-refractivity contribution in [1.29, 1.82) is 0 Å². The van der Waals surface area contributed by atoms with Crippen LogP contribution in [0, 0.1) is 0 Å². The molecule has 0 fully saturated rings. The summed E-state index contributed by atoms with van der Waals surface area (Å²) in [6, 6.07) is 1.31. The lowest BCUT2D eigenvalue weighted by Crippen LogP contribution is -2.31. The highest BCUT2D eigenvalue weighted by molar-refractivity contribution is 6.58. The number of nitrogens with zero attached hydrogens (tertiary/aromatic N) is 1. The van der Waals surface area contributed by atoms with Gasteiger partial charge in [-0.1, -0.05) is 0 Å². The quantitative estimate of drug-likeness (QED) is 0.382. The number of carbonyl (C=O) groups excluding carboxylic acids is 1. The molecule has 0 aliphatic heterocycles. The van der Waals surface area contributed by atoms with Gasteiger partial charge in [-0.25, -0.2) is 4.98 Å². The molecule has 0 aromatic carbocycles. The zero-order valence-corrected chi connectivity index (χ0v) is 7.06. The molecule has 68 valence electrons. The van der Waals surface area contributed by atoms with Crippen molar-refractivity contribution in [2.75, 3.05) is 5.73 Å². The average molecular weight is 180 g/mol. The van der Waals surface area contributed by atoms with Crippen molar-refractivity contribution in [2.24, 2.45) is 0 Å². The molecule has 13 heavy (non-hydrogen) atoms. The van der Waals surface area contributed by atoms with E-state index in [2.05, 4.69) is 4.98 Å². The number of nitrogen functional groups attached to an aromatic ring is 1. The summed E-state index contributed by atoms with van der Waals surface area (Å²) in [5, 5.41) is 17.6. The van der Waals surface area contributed by atoms with Gasteiger partial charge in [-0.3, -0.25) is 4.79 Å². The van der Waals surface area contributed by atoms with E-state index in [-0.39, 0.29) is 22.6 Å². The molecule has 0 aliphatic rings. The van der Waals surface area contributed by atoms with Crippen LogP contribution in [0.4, 0.5) is 5.82 Å². The van der Waals surface area contributed by atoms with Crippen LogP contribution in [0.5, 0.6) is 0 Å². The fraction of sp³-hybridized carbons (Fsp3) is 0.143. The van der Waals surface area contributed by atoms with E-state index >= 15 is 0 Å². The Balaban J connectivity index is 3.19. The van der Waals surface area contributed by atoms with Crippen molar-refractivity contribution < 1.29 is 14.8 Å². The van der Waals surface area contributed by atoms with Crippen molar-refractivity contribution in [2.45, 2.75) is 6.92 Å². The molecule has 0 aliphatic carbocycles. The maximum absolute atomic E-state index is 11.0. The Morgan fingerprint density at radius 3 is 2.69 bits per heavy atom. The minimum absolute atomic E-state index is 0.0944. The fourth-order valence-electron chi connectivity index (χ4n) is 0.915. The third-order valence-corrected chi connectivity index (χ3v) is 1.62. The Hall–Kier alpha value is -1.40. The number of hydrogen-bond acceptors (Lipinski definition) is 5. The Bertz CT molecular complexity index is 341. The first-order valence-electron chi connectivity index (χ1n) is 3.65. The number of hydrogen-bond donors (Lipinski definition) is 3. The van der Waals surface area contributed by atoms with Crippen molar-refractivity contribution in [1.82, 2.24) is 4.98 Å². The van der Waals surface area contributed by atoms with Gasteiger partial charge in [0.25, 0.3) is 0 Å². The second-order valence-corrected chi connectivity index (χ2v) is 2.63. The van der Waals surface area contributed by atoms with E-state index in [1.54, 1.807) is 0 Å². The molecule has 1 aromatic heterocycles. The summed E-state index contributed by atoms with van der Waals surface area (Å²) in [5.41, 5.74) is 5.75. The fourth-order valence-corrected chi connectivity index (χ4v) is 0.915. The summed E-state index contributed by atoms with van der Waals surface area (Å²) in [5.74, 6) is -0.163. The lowest BCUT2D eigenvalue weighted by atomic mass is 9.81. The molecule has 1 aromatic rings. The summed E-state index contributed by atoms with van der Waals surface area (Å²) in [6.07, 6.45) is 1.21. The van der Waals surface area contributed by atoms with Crippen LogP contribution in [0.3, 0.4) is 0 Å². The zero-order valence-electron chi connectivity index (χ0n) is 7.06. The lowest BCUT2D eigenvalue weighted by Gasteiger charge is -2.03. The van der Waals surface area contributed by atoms with E-state index in [9.17, 15) is 4.79 Å². The van der Waals surface area contributed by atoms with E-state index < -0.39 is 7.12 Å². The first kappa shape index (κ1) is 9.69. The van der Waals surface area contributed by atoms with Crippen molar-refractivity contribution in [3.05, 3.63) is 17.8 Å². The third-order valence-electron chi connectivity index (χ3n) is 1.62. The first-order valence-corrected chi connectivity index (χ1v) is 3.65. The molecule has 5 nitrogen and oxygen atoms in total. The Morgan fingerprint density at radius 1 is 1.62 bits per heavy atom. The Morgan fingerprint density at radius 2 is 2.23 bits per heavy atom. The highest BCUT2D eigenvalue weighted by Crippen LogP contribution is 2.05. The SMILES string of the molecule is CC(=O)c1cc(B(O)O)cnc1N. The topological polar surface area (TPSA) is 96.4 Å². The number of carbonyl (C=O) groups is 1. The maximum Gasteiger partial charge on any atom is 0.490 e. The number of Topliss-reactive ketones (excluding diaryl/α,β-unsaturated/α-hetero) is 1. The highest BCUT2D eigenvalue weighted by atomic mass is 16.4. The van der Waals surface area contributed by atoms with Gasteiger partial charge in [-0.05, 0) is 13.0 Å². The molecule has 0 atom stereocenters. The minimum atomic E-state index is -1.63. The van der Waals surface area contributed by atoms with Crippen molar-refractivity contribution in [3.63, 3.8) is 0 Å². The van der Waals surface area contributed by atoms with Crippen LogP contribution in [0.1, 0.15) is 17.3 Å². The molecule has 0 spiro atoms. The number of anilines is 1. The smallest absolute Gasteiger partial charge is 0.423 e. The van der Waals surface area contributed by atoms with Gasteiger partial charge in [0.1, 0.15) is 5.82 Å². The standard InChI is InChI=1S/C7H9BN2O3/c1-4(11)6-2-5(8(12)13)3-10-7(6)9/h2-3,12-13H,1H3,(H2,9,10). The third kappa shape index (κ3) is 2.04. The largest absolute Gasteiger partial charge is 0.490 e. The van der Waals surface area contributed by atoms with Crippen LogP contribution in [-0.4, -0.2) is 27.9 Å². The molecule has 0 radical (unpaired) electrons. The monoisotopic (exact) mass is 180 g/mol. The van der Waals surface area contributed by atoms with Crippen LogP contribution in [0.15, 0.2) is 12.3 Å². The molecule has 4 N–H and O–H groups in total. The van der Waals surface area contributed by atoms with Crippen LogP contribution < -0.4 is 11.2 Å². The molecule has 6 heteroatoms. The van der Waals surface area contributed by atoms with Crippen molar-refractivity contribution >= 4 is 24.2 Å². The molecule has 0 bridgehead atoms. The van der Waals surface area contributed by atoms with Gasteiger partial charge in [0.15, 0.2) is 5.78 Å². The molecular weight excluding hydrogens is 171 g/mol. The molecule has 0 amide bonds. The zero-order chi connectivity index (χ0) is 10.0. The highest BCUT2D eigenvalue weighted by Gasteiger charge is 2.15. The van der Waals surface area contributed by atoms with Crippen molar-refractivity contribution in [3.8, 4) is 0 Å². The number of nitrogens with two attached hydrogens (primary N) is 1. The van der Waals surface area contributed by atoms with Gasteiger partial charge >= 0.3 is 7.12 Å². The first-order chi connectivity index (χ1) is 6.02. The van der Waals surface area contributed by atoms with Gasteiger partial charge in [0.05, 0.1) is 5.56 Å². The lowest BCUT2D eigenvalue weighted by molar-refractivity contribution is 0.101. The maximum atomic E-state index is 11.0. The summed E-state index contributed by atoms with van der Waals surface area (Å²) in [6.45, 7) is 1.33. The van der Waals surface area contributed by atoms with Gasteiger partial charge in [0.2, 0.25) is 0 Å². The van der Waals surface area contributed by atoms with Crippen LogP contribution in [0.2, 0.25) is 0 Å². The summed E-state index contributed by atoms with van der Waals surface area (Å²) in [4.78, 5) is 14.6. The minimum Gasteiger partial charge on any atom is -0.423 e. The van der Waals surface area contributed by atoms with Gasteiger partial charge in [-0.2, -0.15) is 0 Å². The second kappa shape index (κ2) is 3.55. The van der Waals surface area contributed by atoms with Crippen LogP contribution >= 0.6 is 0 Å². The van der Waals surface area contributed by atoms with E-state index in [1.165, 1.54) is 19.2 Å². The molecule has 0 unspecified atom stereocenters. The van der Waals surface area contributed by atoms with Gasteiger partial charge < -0.3 is 15.8 Å². The number of rotatable bonds is 2. The van der Waals surface area contributed by atoms with Gasteiger partial charge in [-0.15, -0.1) is 0 Å². The summed E-state index contributed by atoms with van der Waals surface area (Å²) in [7, 11) is -1.63. The molecule has 0 saturated heterocycles. The van der Waals surface area contributed by atoms with E-state index in [0.29, 0.717) is 0 Å². The summed E-state index contributed by atoms with van der Waals surface area (Å²) < 4.78 is 0. The Labute approximate surface area is 75.4 Å². The van der Waals surface area contributed by atoms with Crippen LogP contribution in [-0.2, 0) is 0 Å². The normalized spacial score (nSPS) is 9.77. The average Bonchev–Trinajstić information content (AvgIpc) is 2.04. The van der Waals surface area contributed by atoms with E-state index in [1.807, 2.05) is 0 Å². The number of ketones is 1. The summed E-state index contributed by atoms with van der Waals surface area (Å²) >= 11 is 0. The van der Waals surface area contributed by atoms with Crippen LogP contribution in [0.25, 0.3) is 0 Å². The molecular formula is C7H9BN2O3. The molecule has 1 rings (SSSR count). The van der Waals surface area contributed by atoms with E-state index in [0.717, 1.165) is 0 Å². The second-order valence-electron chi connectivity index (χ2n) is 2.63. The predicted molar refractivity (Wildman–Crippen MR) is 48.5 cm³/mol. The number of pyridine rings is 1.